The van der Waals surface area contributed by atoms with E-state index in [1.807, 2.05) is 0 Å². The summed E-state index contributed by atoms with van der Waals surface area (Å²) in [6.07, 6.45) is 0.486. The van der Waals surface area contributed by atoms with E-state index in [4.69, 9.17) is 9.52 Å². The van der Waals surface area contributed by atoms with E-state index < -0.39 is 6.09 Å². The quantitative estimate of drug-likeness (QED) is 0.701. The molecule has 6 nitrogen and oxygen atoms in total. The lowest BCUT2D eigenvalue weighted by atomic mass is 10.3. The van der Waals surface area contributed by atoms with Crippen molar-refractivity contribution in [2.45, 2.75) is 5.92 Å². The van der Waals surface area contributed by atoms with E-state index in [-0.39, 0.29) is 0 Å². The van der Waals surface area contributed by atoms with Gasteiger partial charge in [0.15, 0.2) is 0 Å². The molecule has 0 radical (unpaired) electrons. The second kappa shape index (κ2) is 2.46. The Hall–Kier alpha value is -1.59. The maximum atomic E-state index is 10.6. The van der Waals surface area contributed by atoms with E-state index in [9.17, 15) is 4.79 Å². The van der Waals surface area contributed by atoms with Gasteiger partial charge in [0.05, 0.1) is 0 Å². The lowest BCUT2D eigenvalue weighted by molar-refractivity contribution is 0.149. The van der Waals surface area contributed by atoms with Crippen molar-refractivity contribution in [2.75, 3.05) is 13.1 Å². The van der Waals surface area contributed by atoms with E-state index in [0.29, 0.717) is 36.7 Å². The molecular weight excluding hydrogens is 186 g/mol. The molecule has 74 valence electrons. The third kappa shape index (κ3) is 0.934. The number of carboxylic acid groups (broad SMARTS) is 1. The normalized spacial score (nSPS) is 34.3. The van der Waals surface area contributed by atoms with Crippen LogP contribution in [-0.2, 0) is 0 Å². The summed E-state index contributed by atoms with van der Waals surface area (Å²) in [7, 11) is 0. The summed E-state index contributed by atoms with van der Waals surface area (Å²) in [4.78, 5) is 12.1. The molecule has 2 heterocycles. The summed E-state index contributed by atoms with van der Waals surface area (Å²) in [6, 6.07) is 0. The van der Waals surface area contributed by atoms with Gasteiger partial charge in [-0.25, -0.2) is 4.79 Å². The molecule has 14 heavy (non-hydrogen) atoms. The van der Waals surface area contributed by atoms with Gasteiger partial charge < -0.3 is 14.4 Å². The molecule has 1 saturated carbocycles. The molecule has 1 aromatic heterocycles. The van der Waals surface area contributed by atoms with Crippen molar-refractivity contribution in [2.24, 2.45) is 11.8 Å². The van der Waals surface area contributed by atoms with Gasteiger partial charge >= 0.3 is 6.09 Å². The first-order valence-corrected chi connectivity index (χ1v) is 4.51. The maximum absolute atomic E-state index is 10.6. The third-order valence-corrected chi connectivity index (χ3v) is 3.13. The number of rotatable bonds is 1. The van der Waals surface area contributed by atoms with Crippen LogP contribution in [0.15, 0.2) is 10.8 Å². The summed E-state index contributed by atoms with van der Waals surface area (Å²) < 4.78 is 5.10. The van der Waals surface area contributed by atoms with Crippen molar-refractivity contribution < 1.29 is 14.3 Å². The van der Waals surface area contributed by atoms with Crippen LogP contribution in [0.5, 0.6) is 0 Å². The Morgan fingerprint density at radius 1 is 1.57 bits per heavy atom. The lowest BCUT2D eigenvalue weighted by Gasteiger charge is -2.14. The lowest BCUT2D eigenvalue weighted by Crippen LogP contribution is -2.29. The molecule has 1 amide bonds. The van der Waals surface area contributed by atoms with Gasteiger partial charge in [-0.15, -0.1) is 10.2 Å². The highest BCUT2D eigenvalue weighted by atomic mass is 16.4. The minimum absolute atomic E-state index is 0.299. The summed E-state index contributed by atoms with van der Waals surface area (Å²) in [5, 5.41) is 16.2. The van der Waals surface area contributed by atoms with Crippen LogP contribution in [0.2, 0.25) is 0 Å². The van der Waals surface area contributed by atoms with E-state index >= 15 is 0 Å². The fourth-order valence-electron chi connectivity index (χ4n) is 2.38. The first-order valence-electron chi connectivity index (χ1n) is 4.51. The molecule has 1 unspecified atom stereocenters. The smallest absolute Gasteiger partial charge is 0.407 e. The van der Waals surface area contributed by atoms with E-state index in [2.05, 4.69) is 10.2 Å². The van der Waals surface area contributed by atoms with Crippen molar-refractivity contribution in [1.82, 2.24) is 15.1 Å². The number of likely N-dealkylation sites (tertiary alicyclic amines) is 1. The predicted molar refractivity (Wildman–Crippen MR) is 43.6 cm³/mol. The first kappa shape index (κ1) is 7.78. The highest BCUT2D eigenvalue weighted by Gasteiger charge is 2.59. The average Bonchev–Trinajstić information content (AvgIpc) is 2.66. The first-order chi connectivity index (χ1) is 6.77. The summed E-state index contributed by atoms with van der Waals surface area (Å²) in [5.74, 6) is 1.75. The van der Waals surface area contributed by atoms with Crippen molar-refractivity contribution in [3.05, 3.63) is 12.3 Å². The van der Waals surface area contributed by atoms with Crippen molar-refractivity contribution >= 4 is 6.09 Å². The van der Waals surface area contributed by atoms with Gasteiger partial charge in [-0.05, 0) is 11.8 Å². The number of nitrogens with zero attached hydrogens (tertiary/aromatic N) is 3. The molecule has 3 atom stereocenters. The van der Waals surface area contributed by atoms with Crippen LogP contribution in [0.4, 0.5) is 4.79 Å². The monoisotopic (exact) mass is 195 g/mol. The van der Waals surface area contributed by atoms with Crippen LogP contribution in [0.3, 0.4) is 0 Å². The molecule has 6 heteroatoms. The largest absolute Gasteiger partial charge is 0.465 e. The molecule has 0 spiro atoms. The van der Waals surface area contributed by atoms with Gasteiger partial charge in [-0.2, -0.15) is 0 Å². The second-order valence-corrected chi connectivity index (χ2v) is 3.82. The average molecular weight is 195 g/mol. The molecule has 0 aromatic carbocycles. The fourth-order valence-corrected chi connectivity index (χ4v) is 2.38. The highest BCUT2D eigenvalue weighted by Crippen LogP contribution is 2.57. The molecule has 1 N–H and O–H groups in total. The number of hydrogen-bond acceptors (Lipinski definition) is 4. The Balaban J connectivity index is 1.70. The van der Waals surface area contributed by atoms with Crippen LogP contribution >= 0.6 is 0 Å². The Bertz CT molecular complexity index is 352. The van der Waals surface area contributed by atoms with Crippen molar-refractivity contribution in [3.8, 4) is 0 Å². The molecular formula is C8H9N3O3. The van der Waals surface area contributed by atoms with Crippen LogP contribution in [0, 0.1) is 11.8 Å². The van der Waals surface area contributed by atoms with Gasteiger partial charge in [0.1, 0.15) is 0 Å². The number of carbonyl (C=O) groups is 1. The summed E-state index contributed by atoms with van der Waals surface area (Å²) in [5.41, 5.74) is 0. The molecule has 1 aromatic rings. The van der Waals surface area contributed by atoms with Gasteiger partial charge in [-0.1, -0.05) is 0 Å². The standard InChI is InChI=1S/C8H9N3O3/c12-8(13)11-1-4-5(2-11)6(4)7-10-9-3-14-7/h3-6H,1-2H2,(H,12,13)/t4-,5+,6?. The van der Waals surface area contributed by atoms with Crippen LogP contribution < -0.4 is 0 Å². The highest BCUT2D eigenvalue weighted by molar-refractivity contribution is 5.66. The van der Waals surface area contributed by atoms with E-state index in [0.717, 1.165) is 0 Å². The minimum atomic E-state index is -0.832. The zero-order valence-electron chi connectivity index (χ0n) is 7.33. The molecule has 2 fully saturated rings. The third-order valence-electron chi connectivity index (χ3n) is 3.13. The van der Waals surface area contributed by atoms with Crippen molar-refractivity contribution in [1.29, 1.82) is 0 Å². The van der Waals surface area contributed by atoms with Gasteiger partial charge in [0.25, 0.3) is 0 Å². The molecule has 2 aliphatic rings. The van der Waals surface area contributed by atoms with Gasteiger partial charge in [-0.3, -0.25) is 0 Å². The topological polar surface area (TPSA) is 79.5 Å². The SMILES string of the molecule is O=C(O)N1C[C@@H]2C(c3nnco3)[C@@H]2C1. The molecule has 1 saturated heterocycles. The number of hydrogen-bond donors (Lipinski definition) is 1. The Kier molecular flexibility index (Phi) is 1.37. The van der Waals surface area contributed by atoms with Crippen molar-refractivity contribution in [3.63, 3.8) is 0 Å². The van der Waals surface area contributed by atoms with Gasteiger partial charge in [0, 0.05) is 19.0 Å². The summed E-state index contributed by atoms with van der Waals surface area (Å²) in [6.45, 7) is 1.21. The second-order valence-electron chi connectivity index (χ2n) is 3.82. The Morgan fingerprint density at radius 2 is 2.29 bits per heavy atom. The van der Waals surface area contributed by atoms with E-state index in [1.54, 1.807) is 0 Å². The summed E-state index contributed by atoms with van der Waals surface area (Å²) >= 11 is 0. The fraction of sp³-hybridized carbons (Fsp3) is 0.625. The predicted octanol–water partition coefficient (Wildman–Crippen LogP) is 0.393. The van der Waals surface area contributed by atoms with Gasteiger partial charge in [0.2, 0.25) is 12.3 Å². The Morgan fingerprint density at radius 3 is 2.79 bits per heavy atom. The number of amides is 1. The molecule has 3 rings (SSSR count). The number of fused-ring (bicyclic) bond motifs is 1. The van der Waals surface area contributed by atoms with E-state index in [1.165, 1.54) is 11.3 Å². The zero-order chi connectivity index (χ0) is 9.71. The number of aromatic nitrogens is 2. The number of piperidine rings is 1. The molecule has 1 aliphatic heterocycles. The van der Waals surface area contributed by atoms with Crippen LogP contribution in [-0.4, -0.2) is 39.4 Å². The Labute approximate surface area is 79.5 Å². The molecule has 1 aliphatic carbocycles. The minimum Gasteiger partial charge on any atom is -0.465 e. The maximum Gasteiger partial charge on any atom is 0.407 e. The zero-order valence-corrected chi connectivity index (χ0v) is 7.33. The van der Waals surface area contributed by atoms with Crippen LogP contribution in [0.1, 0.15) is 11.8 Å². The molecule has 0 bridgehead atoms. The van der Waals surface area contributed by atoms with Crippen LogP contribution in [0.25, 0.3) is 0 Å².